The number of sulfonamides is 1. The molecule has 0 aliphatic heterocycles. The summed E-state index contributed by atoms with van der Waals surface area (Å²) in [6, 6.07) is 4.84. The second kappa shape index (κ2) is 7.18. The number of thioether (sulfide) groups is 1. The smallest absolute Gasteiger partial charge is 0.238 e. The fourth-order valence-electron chi connectivity index (χ4n) is 2.36. The number of fused-ring (bicyclic) bond motifs is 1. The minimum absolute atomic E-state index is 0.0819. The van der Waals surface area contributed by atoms with Gasteiger partial charge in [0.05, 0.1) is 21.7 Å². The molecule has 2 heterocycles. The zero-order valence-electron chi connectivity index (χ0n) is 13.0. The summed E-state index contributed by atoms with van der Waals surface area (Å²) >= 11 is 3.06. The van der Waals surface area contributed by atoms with Crippen LogP contribution in [0.1, 0.15) is 25.6 Å². The van der Waals surface area contributed by atoms with E-state index in [4.69, 9.17) is 5.14 Å². The van der Waals surface area contributed by atoms with Gasteiger partial charge in [0.25, 0.3) is 0 Å². The Bertz CT molecular complexity index is 935. The van der Waals surface area contributed by atoms with E-state index in [-0.39, 0.29) is 4.90 Å². The molecule has 24 heavy (non-hydrogen) atoms. The molecule has 0 saturated carbocycles. The van der Waals surface area contributed by atoms with Crippen LogP contribution in [0, 0.1) is 0 Å². The van der Waals surface area contributed by atoms with Crippen LogP contribution < -0.4 is 5.14 Å². The number of hydrogen-bond acceptors (Lipinski definition) is 7. The number of rotatable bonds is 7. The van der Waals surface area contributed by atoms with Crippen LogP contribution in [0.3, 0.4) is 0 Å². The zero-order valence-corrected chi connectivity index (χ0v) is 15.5. The monoisotopic (exact) mass is 383 g/mol. The van der Waals surface area contributed by atoms with Gasteiger partial charge in [0.2, 0.25) is 10.0 Å². The third-order valence-corrected chi connectivity index (χ3v) is 6.29. The molecule has 7 nitrogen and oxygen atoms in total. The molecule has 3 rings (SSSR count). The molecule has 3 aromatic rings. The summed E-state index contributed by atoms with van der Waals surface area (Å²) in [6.07, 6.45) is 2.09. The third-order valence-electron chi connectivity index (χ3n) is 3.53. The molecule has 0 amide bonds. The predicted molar refractivity (Wildman–Crippen MR) is 95.5 cm³/mol. The maximum Gasteiger partial charge on any atom is 0.238 e. The Labute approximate surface area is 148 Å². The topological polar surface area (TPSA) is 104 Å². The molecule has 0 bridgehead atoms. The molecule has 0 aliphatic carbocycles. The van der Waals surface area contributed by atoms with E-state index >= 15 is 0 Å². The van der Waals surface area contributed by atoms with Crippen LogP contribution in [0.25, 0.3) is 11.0 Å². The molecule has 2 aromatic heterocycles. The molecule has 0 fully saturated rings. The van der Waals surface area contributed by atoms with E-state index in [0.29, 0.717) is 11.3 Å². The standard InChI is InChI=1S/C14H17N5O2S3/c1-2-3-6-19-12-5-4-10(24(15,20)21)7-11(12)17-13(19)8-22-14-18-16-9-23-14/h4-5,7,9H,2-3,6,8H2,1H3,(H2,15,20,21). The number of aromatic nitrogens is 4. The number of benzene rings is 1. The van der Waals surface area contributed by atoms with Gasteiger partial charge >= 0.3 is 0 Å². The van der Waals surface area contributed by atoms with Gasteiger partial charge < -0.3 is 4.57 Å². The summed E-state index contributed by atoms with van der Waals surface area (Å²) in [7, 11) is -3.73. The van der Waals surface area contributed by atoms with Crippen molar-refractivity contribution in [3.8, 4) is 0 Å². The Balaban J connectivity index is 1.98. The van der Waals surface area contributed by atoms with Crippen molar-refractivity contribution >= 4 is 44.2 Å². The van der Waals surface area contributed by atoms with E-state index in [1.165, 1.54) is 23.5 Å². The summed E-state index contributed by atoms with van der Waals surface area (Å²) in [4.78, 5) is 4.70. The van der Waals surface area contributed by atoms with Gasteiger partial charge in [0.1, 0.15) is 11.3 Å². The van der Waals surface area contributed by atoms with Crippen molar-refractivity contribution in [2.45, 2.75) is 41.3 Å². The third kappa shape index (κ3) is 3.77. The minimum Gasteiger partial charge on any atom is -0.327 e. The van der Waals surface area contributed by atoms with Crippen molar-refractivity contribution in [1.29, 1.82) is 0 Å². The van der Waals surface area contributed by atoms with Crippen molar-refractivity contribution < 1.29 is 8.42 Å². The van der Waals surface area contributed by atoms with E-state index in [1.54, 1.807) is 23.3 Å². The Kier molecular flexibility index (Phi) is 5.18. The molecule has 1 aromatic carbocycles. The first-order chi connectivity index (χ1) is 11.5. The summed E-state index contributed by atoms with van der Waals surface area (Å²) in [5, 5.41) is 13.1. The normalized spacial score (nSPS) is 12.1. The highest BCUT2D eigenvalue weighted by atomic mass is 32.2. The van der Waals surface area contributed by atoms with Crippen molar-refractivity contribution in [2.24, 2.45) is 5.14 Å². The van der Waals surface area contributed by atoms with Gasteiger partial charge in [-0.05, 0) is 24.6 Å². The molecule has 10 heteroatoms. The molecule has 0 radical (unpaired) electrons. The van der Waals surface area contributed by atoms with Crippen LogP contribution in [0.15, 0.2) is 32.9 Å². The fraction of sp³-hybridized carbons (Fsp3) is 0.357. The summed E-state index contributed by atoms with van der Waals surface area (Å²) in [6.45, 7) is 2.97. The second-order valence-corrected chi connectivity index (χ2v) is 8.84. The minimum atomic E-state index is -3.73. The number of imidazole rings is 1. The predicted octanol–water partition coefficient (Wildman–Crippen LogP) is 2.63. The molecule has 2 N–H and O–H groups in total. The van der Waals surface area contributed by atoms with Gasteiger partial charge in [-0.25, -0.2) is 18.5 Å². The first kappa shape index (κ1) is 17.3. The van der Waals surface area contributed by atoms with E-state index in [0.717, 1.165) is 35.1 Å². The zero-order chi connectivity index (χ0) is 17.2. The van der Waals surface area contributed by atoms with E-state index in [1.807, 2.05) is 0 Å². The summed E-state index contributed by atoms with van der Waals surface area (Å²) < 4.78 is 26.1. The SMILES string of the molecule is CCCCn1c(CSc2nncs2)nc2cc(S(N)(=O)=O)ccc21. The summed E-state index contributed by atoms with van der Waals surface area (Å²) in [5.41, 5.74) is 3.26. The summed E-state index contributed by atoms with van der Waals surface area (Å²) in [5.74, 6) is 1.54. The molecular weight excluding hydrogens is 366 g/mol. The van der Waals surface area contributed by atoms with Gasteiger partial charge in [0.15, 0.2) is 4.34 Å². The Hall–Kier alpha value is -1.49. The quantitative estimate of drug-likeness (QED) is 0.629. The number of primary sulfonamides is 1. The molecule has 0 atom stereocenters. The van der Waals surface area contributed by atoms with Crippen molar-refractivity contribution in [3.05, 3.63) is 29.5 Å². The molecule has 0 unspecified atom stereocenters. The van der Waals surface area contributed by atoms with Gasteiger partial charge in [-0.1, -0.05) is 36.4 Å². The molecular formula is C14H17N5O2S3. The van der Waals surface area contributed by atoms with Crippen LogP contribution in [0.5, 0.6) is 0 Å². The lowest BCUT2D eigenvalue weighted by Crippen LogP contribution is -2.11. The maximum atomic E-state index is 11.5. The van der Waals surface area contributed by atoms with E-state index in [9.17, 15) is 8.42 Å². The number of aryl methyl sites for hydroxylation is 1. The average Bonchev–Trinajstić information content (AvgIpc) is 3.17. The molecule has 0 saturated heterocycles. The Morgan fingerprint density at radius 1 is 1.38 bits per heavy atom. The first-order valence-corrected chi connectivity index (χ1v) is 10.8. The van der Waals surface area contributed by atoms with Crippen LogP contribution in [-0.2, 0) is 22.3 Å². The Morgan fingerprint density at radius 2 is 2.21 bits per heavy atom. The van der Waals surface area contributed by atoms with Gasteiger partial charge in [-0.15, -0.1) is 10.2 Å². The number of nitrogens with two attached hydrogens (primary N) is 1. The van der Waals surface area contributed by atoms with Crippen LogP contribution in [0.2, 0.25) is 0 Å². The van der Waals surface area contributed by atoms with Crippen LogP contribution in [0.4, 0.5) is 0 Å². The largest absolute Gasteiger partial charge is 0.327 e. The highest BCUT2D eigenvalue weighted by molar-refractivity contribution is 8.00. The van der Waals surface area contributed by atoms with Crippen LogP contribution >= 0.6 is 23.1 Å². The molecule has 128 valence electrons. The Morgan fingerprint density at radius 3 is 2.88 bits per heavy atom. The molecule has 0 spiro atoms. The van der Waals surface area contributed by atoms with E-state index < -0.39 is 10.0 Å². The van der Waals surface area contributed by atoms with Crippen LogP contribution in [-0.4, -0.2) is 28.2 Å². The first-order valence-electron chi connectivity index (χ1n) is 7.40. The van der Waals surface area contributed by atoms with Crippen molar-refractivity contribution in [1.82, 2.24) is 19.7 Å². The lowest BCUT2D eigenvalue weighted by molar-refractivity contribution is 0.598. The van der Waals surface area contributed by atoms with Crippen molar-refractivity contribution in [3.63, 3.8) is 0 Å². The fourth-order valence-corrected chi connectivity index (χ4v) is 4.33. The van der Waals surface area contributed by atoms with E-state index in [2.05, 4.69) is 26.7 Å². The van der Waals surface area contributed by atoms with Gasteiger partial charge in [-0.2, -0.15) is 0 Å². The molecule has 0 aliphatic rings. The highest BCUT2D eigenvalue weighted by Crippen LogP contribution is 2.27. The maximum absolute atomic E-state index is 11.5. The number of nitrogens with zero attached hydrogens (tertiary/aromatic N) is 4. The van der Waals surface area contributed by atoms with Crippen molar-refractivity contribution in [2.75, 3.05) is 0 Å². The average molecular weight is 384 g/mol. The number of hydrogen-bond donors (Lipinski definition) is 1. The number of unbranched alkanes of at least 4 members (excludes halogenated alkanes) is 1. The highest BCUT2D eigenvalue weighted by Gasteiger charge is 2.15. The van der Waals surface area contributed by atoms with Gasteiger partial charge in [0, 0.05) is 6.54 Å². The van der Waals surface area contributed by atoms with Gasteiger partial charge in [-0.3, -0.25) is 0 Å². The second-order valence-electron chi connectivity index (χ2n) is 5.22. The lowest BCUT2D eigenvalue weighted by Gasteiger charge is -2.08. The lowest BCUT2D eigenvalue weighted by atomic mass is 10.3.